The zero-order valence-corrected chi connectivity index (χ0v) is 15.8. The fraction of sp³-hybridized carbons (Fsp3) is 0.136. The topological polar surface area (TPSA) is 66.8 Å². The number of aryl methyl sites for hydroxylation is 1. The van der Waals surface area contributed by atoms with Crippen LogP contribution in [0.25, 0.3) is 22.6 Å². The highest BCUT2D eigenvalue weighted by molar-refractivity contribution is 6.00. The van der Waals surface area contributed by atoms with E-state index in [0.717, 1.165) is 28.3 Å². The molecule has 0 aliphatic heterocycles. The number of hydrogen-bond donors (Lipinski definition) is 1. The average molecular weight is 371 g/mol. The summed E-state index contributed by atoms with van der Waals surface area (Å²) in [6.45, 7) is 0.438. The third kappa shape index (κ3) is 3.44. The van der Waals surface area contributed by atoms with Crippen LogP contribution in [0.15, 0.2) is 73.1 Å². The molecule has 0 fully saturated rings. The van der Waals surface area contributed by atoms with E-state index in [0.29, 0.717) is 12.1 Å². The van der Waals surface area contributed by atoms with E-state index < -0.39 is 0 Å². The maximum atomic E-state index is 13.1. The number of aromatic amines is 1. The summed E-state index contributed by atoms with van der Waals surface area (Å²) < 4.78 is 1.91. The van der Waals surface area contributed by atoms with Crippen molar-refractivity contribution in [3.8, 4) is 22.6 Å². The molecule has 0 aliphatic rings. The molecule has 1 amide bonds. The second-order valence-corrected chi connectivity index (χ2v) is 6.71. The Hall–Kier alpha value is -3.67. The molecule has 6 heteroatoms. The van der Waals surface area contributed by atoms with Gasteiger partial charge in [0.2, 0.25) is 0 Å². The average Bonchev–Trinajstić information content (AvgIpc) is 3.37. The fourth-order valence-electron chi connectivity index (χ4n) is 3.22. The van der Waals surface area contributed by atoms with Gasteiger partial charge in [0.05, 0.1) is 23.5 Å². The number of benzene rings is 2. The lowest BCUT2D eigenvalue weighted by atomic mass is 10.1. The van der Waals surface area contributed by atoms with Crippen molar-refractivity contribution < 1.29 is 4.79 Å². The van der Waals surface area contributed by atoms with Crippen molar-refractivity contribution in [1.29, 1.82) is 0 Å². The van der Waals surface area contributed by atoms with Crippen molar-refractivity contribution >= 4 is 5.91 Å². The van der Waals surface area contributed by atoms with E-state index in [1.807, 2.05) is 78.5 Å². The highest BCUT2D eigenvalue weighted by atomic mass is 16.2. The monoisotopic (exact) mass is 371 g/mol. The molecule has 1 N–H and O–H groups in total. The van der Waals surface area contributed by atoms with Gasteiger partial charge in [0.25, 0.3) is 5.91 Å². The standard InChI is InChI=1S/C22H21N5O/c1-26-13-12-23-21(26)18-10-6-7-11-19(18)22(28)27(2)15-17-14-20(25-24-17)16-8-4-3-5-9-16/h3-14H,15H2,1-2H3,(H,24,25). The SMILES string of the molecule is CN(Cc1cc(-c2ccccc2)n[nH]1)C(=O)c1ccccc1-c1nccn1C. The molecule has 28 heavy (non-hydrogen) atoms. The molecule has 2 heterocycles. The number of carbonyl (C=O) groups excluding carboxylic acids is 1. The number of imidazole rings is 1. The van der Waals surface area contributed by atoms with E-state index in [1.54, 1.807) is 18.1 Å². The van der Waals surface area contributed by atoms with Gasteiger partial charge in [0.1, 0.15) is 5.82 Å². The summed E-state index contributed by atoms with van der Waals surface area (Å²) in [6, 6.07) is 19.5. The molecule has 4 aromatic rings. The number of nitrogens with zero attached hydrogens (tertiary/aromatic N) is 4. The molecular weight excluding hydrogens is 350 g/mol. The van der Waals surface area contributed by atoms with Gasteiger partial charge in [-0.25, -0.2) is 4.98 Å². The van der Waals surface area contributed by atoms with Gasteiger partial charge in [-0.15, -0.1) is 0 Å². The highest BCUT2D eigenvalue weighted by Gasteiger charge is 2.19. The van der Waals surface area contributed by atoms with Gasteiger partial charge in [-0.3, -0.25) is 9.89 Å². The second kappa shape index (κ2) is 7.52. The quantitative estimate of drug-likeness (QED) is 0.581. The van der Waals surface area contributed by atoms with Crippen LogP contribution >= 0.6 is 0 Å². The Morgan fingerprint density at radius 3 is 2.61 bits per heavy atom. The first kappa shape index (κ1) is 17.7. The van der Waals surface area contributed by atoms with Crippen LogP contribution in [0.4, 0.5) is 0 Å². The normalized spacial score (nSPS) is 10.8. The molecule has 0 spiro atoms. The van der Waals surface area contributed by atoms with Crippen molar-refractivity contribution in [3.05, 3.63) is 84.3 Å². The molecule has 0 saturated carbocycles. The lowest BCUT2D eigenvalue weighted by Crippen LogP contribution is -2.27. The lowest BCUT2D eigenvalue weighted by Gasteiger charge is -2.18. The molecule has 6 nitrogen and oxygen atoms in total. The van der Waals surface area contributed by atoms with Gasteiger partial charge in [-0.2, -0.15) is 5.10 Å². The first-order chi connectivity index (χ1) is 13.6. The largest absolute Gasteiger partial charge is 0.336 e. The molecule has 0 atom stereocenters. The molecule has 0 radical (unpaired) electrons. The molecule has 4 rings (SSSR count). The van der Waals surface area contributed by atoms with E-state index >= 15 is 0 Å². The smallest absolute Gasteiger partial charge is 0.254 e. The second-order valence-electron chi connectivity index (χ2n) is 6.71. The minimum Gasteiger partial charge on any atom is -0.336 e. The van der Waals surface area contributed by atoms with Crippen LogP contribution in [0.2, 0.25) is 0 Å². The first-order valence-electron chi connectivity index (χ1n) is 9.05. The Morgan fingerprint density at radius 1 is 1.11 bits per heavy atom. The third-order valence-electron chi connectivity index (χ3n) is 4.67. The van der Waals surface area contributed by atoms with Gasteiger partial charge in [-0.1, -0.05) is 48.5 Å². The number of rotatable bonds is 5. The summed E-state index contributed by atoms with van der Waals surface area (Å²) in [7, 11) is 3.71. The number of carbonyl (C=O) groups is 1. The van der Waals surface area contributed by atoms with E-state index in [-0.39, 0.29) is 5.91 Å². The number of amides is 1. The van der Waals surface area contributed by atoms with Crippen LogP contribution in [0.5, 0.6) is 0 Å². The van der Waals surface area contributed by atoms with Crippen LogP contribution in [-0.2, 0) is 13.6 Å². The van der Waals surface area contributed by atoms with Gasteiger partial charge < -0.3 is 9.47 Å². The minimum atomic E-state index is -0.0607. The number of H-pyrrole nitrogens is 1. The molecule has 0 saturated heterocycles. The summed E-state index contributed by atoms with van der Waals surface area (Å²) in [6.07, 6.45) is 3.60. The van der Waals surface area contributed by atoms with Crippen LogP contribution in [-0.4, -0.2) is 37.6 Å². The van der Waals surface area contributed by atoms with Crippen LogP contribution in [0.1, 0.15) is 16.1 Å². The summed E-state index contributed by atoms with van der Waals surface area (Å²) in [5.41, 5.74) is 4.23. The highest BCUT2D eigenvalue weighted by Crippen LogP contribution is 2.23. The summed E-state index contributed by atoms with van der Waals surface area (Å²) >= 11 is 0. The van der Waals surface area contributed by atoms with Crippen molar-refractivity contribution in [2.45, 2.75) is 6.54 Å². The van der Waals surface area contributed by atoms with Crippen LogP contribution in [0, 0.1) is 0 Å². The van der Waals surface area contributed by atoms with Crippen molar-refractivity contribution in [3.63, 3.8) is 0 Å². The maximum absolute atomic E-state index is 13.1. The lowest BCUT2D eigenvalue weighted by molar-refractivity contribution is 0.0784. The fourth-order valence-corrected chi connectivity index (χ4v) is 3.22. The Balaban J connectivity index is 1.55. The van der Waals surface area contributed by atoms with E-state index in [4.69, 9.17) is 0 Å². The molecule has 140 valence electrons. The van der Waals surface area contributed by atoms with Gasteiger partial charge in [0.15, 0.2) is 0 Å². The van der Waals surface area contributed by atoms with Crippen molar-refractivity contribution in [2.24, 2.45) is 7.05 Å². The minimum absolute atomic E-state index is 0.0607. The predicted molar refractivity (Wildman–Crippen MR) is 108 cm³/mol. The molecule has 0 bridgehead atoms. The summed E-state index contributed by atoms with van der Waals surface area (Å²) in [4.78, 5) is 19.2. The van der Waals surface area contributed by atoms with Gasteiger partial charge >= 0.3 is 0 Å². The predicted octanol–water partition coefficient (Wildman–Crippen LogP) is 3.75. The molecular formula is C22H21N5O. The Labute approximate surface area is 163 Å². The summed E-state index contributed by atoms with van der Waals surface area (Å²) in [5, 5.41) is 7.40. The zero-order chi connectivity index (χ0) is 19.5. The van der Waals surface area contributed by atoms with E-state index in [1.165, 1.54) is 0 Å². The first-order valence-corrected chi connectivity index (χ1v) is 9.05. The summed E-state index contributed by atoms with van der Waals surface area (Å²) in [5.74, 6) is 0.708. The maximum Gasteiger partial charge on any atom is 0.254 e. The Morgan fingerprint density at radius 2 is 1.86 bits per heavy atom. The van der Waals surface area contributed by atoms with Crippen molar-refractivity contribution in [1.82, 2.24) is 24.6 Å². The van der Waals surface area contributed by atoms with E-state index in [2.05, 4.69) is 15.2 Å². The Kier molecular flexibility index (Phi) is 4.76. The molecule has 0 unspecified atom stereocenters. The third-order valence-corrected chi connectivity index (χ3v) is 4.67. The number of aromatic nitrogens is 4. The molecule has 0 aliphatic carbocycles. The van der Waals surface area contributed by atoms with Gasteiger partial charge in [-0.05, 0) is 12.1 Å². The van der Waals surface area contributed by atoms with Crippen LogP contribution in [0.3, 0.4) is 0 Å². The zero-order valence-electron chi connectivity index (χ0n) is 15.8. The number of nitrogens with one attached hydrogen (secondary N) is 1. The number of hydrogen-bond acceptors (Lipinski definition) is 3. The van der Waals surface area contributed by atoms with E-state index in [9.17, 15) is 4.79 Å². The Bertz CT molecular complexity index is 1100. The molecule has 2 aromatic carbocycles. The molecule has 2 aromatic heterocycles. The van der Waals surface area contributed by atoms with Crippen LogP contribution < -0.4 is 0 Å². The van der Waals surface area contributed by atoms with Gasteiger partial charge in [0, 0.05) is 37.6 Å². The van der Waals surface area contributed by atoms with Crippen molar-refractivity contribution in [2.75, 3.05) is 7.05 Å².